The Morgan fingerprint density at radius 3 is 1.97 bits per heavy atom. The van der Waals surface area contributed by atoms with E-state index in [0.29, 0.717) is 0 Å². The van der Waals surface area contributed by atoms with Gasteiger partial charge in [-0.1, -0.05) is 78.3 Å². The van der Waals surface area contributed by atoms with E-state index in [2.05, 4.69) is 5.32 Å². The molecule has 4 nitrogen and oxygen atoms in total. The van der Waals surface area contributed by atoms with Crippen LogP contribution in [0.1, 0.15) is 34.5 Å². The minimum atomic E-state index is -1.15. The van der Waals surface area contributed by atoms with Crippen LogP contribution in [0.4, 0.5) is 4.39 Å². The van der Waals surface area contributed by atoms with E-state index in [9.17, 15) is 14.0 Å². The van der Waals surface area contributed by atoms with E-state index in [0.717, 1.165) is 17.2 Å². The molecule has 148 valence electrons. The standard InChI is InChI=1S/C23H19ClFNO3/c1-15(29-23(28)20-18(24)13-8-14-19(20)25)22(27)26-21(16-9-4-2-5-10-16)17-11-6-3-7-12-17/h2-15,21H,1H3,(H,26,27)/t15-/m0/s1. The smallest absolute Gasteiger partial charge is 0.343 e. The van der Waals surface area contributed by atoms with Crippen LogP contribution >= 0.6 is 11.6 Å². The molecule has 1 atom stereocenters. The van der Waals surface area contributed by atoms with Gasteiger partial charge in [0.15, 0.2) is 6.10 Å². The highest BCUT2D eigenvalue weighted by Crippen LogP contribution is 2.23. The minimum Gasteiger partial charge on any atom is -0.449 e. The highest BCUT2D eigenvalue weighted by atomic mass is 35.5. The van der Waals surface area contributed by atoms with Crippen molar-refractivity contribution in [3.63, 3.8) is 0 Å². The molecule has 0 saturated heterocycles. The first-order chi connectivity index (χ1) is 14.0. The first-order valence-electron chi connectivity index (χ1n) is 9.02. The molecule has 0 heterocycles. The Labute approximate surface area is 173 Å². The highest BCUT2D eigenvalue weighted by molar-refractivity contribution is 6.33. The summed E-state index contributed by atoms with van der Waals surface area (Å²) in [5, 5.41) is 2.82. The molecule has 0 aliphatic carbocycles. The zero-order valence-electron chi connectivity index (χ0n) is 15.6. The summed E-state index contributed by atoms with van der Waals surface area (Å²) in [5.74, 6) is -2.31. The highest BCUT2D eigenvalue weighted by Gasteiger charge is 2.25. The molecule has 0 bridgehead atoms. The summed E-state index contributed by atoms with van der Waals surface area (Å²) in [5.41, 5.74) is 1.36. The monoisotopic (exact) mass is 411 g/mol. The molecule has 3 rings (SSSR count). The Balaban J connectivity index is 1.77. The van der Waals surface area contributed by atoms with Gasteiger partial charge in [-0.2, -0.15) is 0 Å². The molecule has 3 aromatic carbocycles. The average Bonchev–Trinajstić information content (AvgIpc) is 2.73. The zero-order chi connectivity index (χ0) is 20.8. The lowest BCUT2D eigenvalue weighted by atomic mass is 9.98. The lowest BCUT2D eigenvalue weighted by Gasteiger charge is -2.22. The molecular weight excluding hydrogens is 393 g/mol. The summed E-state index contributed by atoms with van der Waals surface area (Å²) in [6.07, 6.45) is -1.15. The van der Waals surface area contributed by atoms with Gasteiger partial charge in [-0.05, 0) is 30.2 Å². The third kappa shape index (κ3) is 5.00. The second-order valence-corrected chi connectivity index (χ2v) is 6.81. The van der Waals surface area contributed by atoms with Crippen molar-refractivity contribution in [1.82, 2.24) is 5.32 Å². The van der Waals surface area contributed by atoms with Crippen molar-refractivity contribution >= 4 is 23.5 Å². The Hall–Kier alpha value is -3.18. The van der Waals surface area contributed by atoms with Gasteiger partial charge in [0.2, 0.25) is 0 Å². The van der Waals surface area contributed by atoms with E-state index in [4.69, 9.17) is 16.3 Å². The van der Waals surface area contributed by atoms with Gasteiger partial charge >= 0.3 is 5.97 Å². The number of amides is 1. The third-order valence-corrected chi connectivity index (χ3v) is 4.69. The van der Waals surface area contributed by atoms with E-state index >= 15 is 0 Å². The van der Waals surface area contributed by atoms with Gasteiger partial charge in [-0.25, -0.2) is 9.18 Å². The van der Waals surface area contributed by atoms with Crippen molar-refractivity contribution < 1.29 is 18.7 Å². The number of rotatable bonds is 6. The van der Waals surface area contributed by atoms with Crippen molar-refractivity contribution in [3.8, 4) is 0 Å². The molecule has 0 radical (unpaired) electrons. The van der Waals surface area contributed by atoms with Crippen LogP contribution in [0, 0.1) is 5.82 Å². The molecule has 0 aliphatic heterocycles. The Morgan fingerprint density at radius 1 is 0.897 bits per heavy atom. The van der Waals surface area contributed by atoms with Gasteiger partial charge in [0.1, 0.15) is 11.4 Å². The largest absolute Gasteiger partial charge is 0.449 e. The number of benzene rings is 3. The molecule has 0 aliphatic rings. The molecule has 1 amide bonds. The molecule has 1 N–H and O–H groups in total. The van der Waals surface area contributed by atoms with Crippen molar-refractivity contribution in [2.75, 3.05) is 0 Å². The molecular formula is C23H19ClFNO3. The van der Waals surface area contributed by atoms with E-state index in [1.807, 2.05) is 60.7 Å². The molecule has 6 heteroatoms. The normalized spacial score (nSPS) is 11.7. The van der Waals surface area contributed by atoms with Crippen molar-refractivity contribution in [3.05, 3.63) is 106 Å². The van der Waals surface area contributed by atoms with Crippen LogP contribution in [0.25, 0.3) is 0 Å². The van der Waals surface area contributed by atoms with Gasteiger partial charge in [-0.3, -0.25) is 4.79 Å². The number of ether oxygens (including phenoxy) is 1. The Bertz CT molecular complexity index is 936. The van der Waals surface area contributed by atoms with Crippen LogP contribution in [0.5, 0.6) is 0 Å². The number of esters is 1. The zero-order valence-corrected chi connectivity index (χ0v) is 16.4. The maximum absolute atomic E-state index is 13.9. The van der Waals surface area contributed by atoms with Crippen molar-refractivity contribution in [2.45, 2.75) is 19.1 Å². The van der Waals surface area contributed by atoms with Crippen LogP contribution in [0.2, 0.25) is 5.02 Å². The first-order valence-corrected chi connectivity index (χ1v) is 9.40. The molecule has 0 unspecified atom stereocenters. The SMILES string of the molecule is C[C@H](OC(=O)c1c(F)cccc1Cl)C(=O)NC(c1ccccc1)c1ccccc1. The van der Waals surface area contributed by atoms with Crippen LogP contribution in [0.3, 0.4) is 0 Å². The topological polar surface area (TPSA) is 55.4 Å². The maximum Gasteiger partial charge on any atom is 0.343 e. The summed E-state index contributed by atoms with van der Waals surface area (Å²) in [7, 11) is 0. The first kappa shape index (κ1) is 20.6. The van der Waals surface area contributed by atoms with Gasteiger partial charge in [0.25, 0.3) is 5.91 Å². The van der Waals surface area contributed by atoms with Gasteiger partial charge in [0, 0.05) is 0 Å². The van der Waals surface area contributed by atoms with E-state index in [1.165, 1.54) is 19.1 Å². The minimum absolute atomic E-state index is 0.0749. The number of nitrogens with one attached hydrogen (secondary N) is 1. The molecule has 29 heavy (non-hydrogen) atoms. The fourth-order valence-corrected chi connectivity index (χ4v) is 3.12. The summed E-state index contributed by atoms with van der Waals surface area (Å²) >= 11 is 5.89. The van der Waals surface area contributed by atoms with Crippen LogP contribution in [0.15, 0.2) is 78.9 Å². The molecule has 0 saturated carbocycles. The predicted octanol–water partition coefficient (Wildman–Crippen LogP) is 4.93. The van der Waals surface area contributed by atoms with Gasteiger partial charge in [0.05, 0.1) is 11.1 Å². The molecule has 3 aromatic rings. The maximum atomic E-state index is 13.9. The molecule has 0 spiro atoms. The number of hydrogen-bond acceptors (Lipinski definition) is 3. The Kier molecular flexibility index (Phi) is 6.62. The van der Waals surface area contributed by atoms with Gasteiger partial charge < -0.3 is 10.1 Å². The summed E-state index contributed by atoms with van der Waals surface area (Å²) < 4.78 is 19.1. The van der Waals surface area contributed by atoms with Crippen LogP contribution < -0.4 is 5.32 Å². The number of carbonyl (C=O) groups is 2. The number of hydrogen-bond donors (Lipinski definition) is 1. The summed E-state index contributed by atoms with van der Waals surface area (Å²) in [4.78, 5) is 25.0. The van der Waals surface area contributed by atoms with Crippen molar-refractivity contribution in [1.29, 1.82) is 0 Å². The molecule has 0 aromatic heterocycles. The van der Waals surface area contributed by atoms with E-state index < -0.39 is 35.4 Å². The fourth-order valence-electron chi connectivity index (χ4n) is 2.88. The van der Waals surface area contributed by atoms with E-state index in [-0.39, 0.29) is 5.02 Å². The second-order valence-electron chi connectivity index (χ2n) is 6.41. The quantitative estimate of drug-likeness (QED) is 0.585. The molecule has 0 fully saturated rings. The lowest BCUT2D eigenvalue weighted by molar-refractivity contribution is -0.129. The lowest BCUT2D eigenvalue weighted by Crippen LogP contribution is -2.38. The third-order valence-electron chi connectivity index (χ3n) is 4.37. The predicted molar refractivity (Wildman–Crippen MR) is 109 cm³/mol. The number of carbonyl (C=O) groups excluding carboxylic acids is 2. The van der Waals surface area contributed by atoms with Gasteiger partial charge in [-0.15, -0.1) is 0 Å². The second kappa shape index (κ2) is 9.34. The average molecular weight is 412 g/mol. The number of halogens is 2. The fraction of sp³-hybridized carbons (Fsp3) is 0.130. The summed E-state index contributed by atoms with van der Waals surface area (Å²) in [6.45, 7) is 1.43. The van der Waals surface area contributed by atoms with Crippen LogP contribution in [-0.4, -0.2) is 18.0 Å². The summed E-state index contributed by atoms with van der Waals surface area (Å²) in [6, 6.07) is 22.3. The van der Waals surface area contributed by atoms with Crippen molar-refractivity contribution in [2.24, 2.45) is 0 Å². The van der Waals surface area contributed by atoms with E-state index in [1.54, 1.807) is 0 Å². The Morgan fingerprint density at radius 2 is 1.45 bits per heavy atom. The van der Waals surface area contributed by atoms with Crippen LogP contribution in [-0.2, 0) is 9.53 Å².